The van der Waals surface area contributed by atoms with Gasteiger partial charge >= 0.3 is 0 Å². The Balaban J connectivity index is 1.59. The molecule has 1 aliphatic heterocycles. The lowest BCUT2D eigenvalue weighted by Gasteiger charge is -2.25. The monoisotopic (exact) mass is 356 g/mol. The van der Waals surface area contributed by atoms with Gasteiger partial charge in [-0.25, -0.2) is 0 Å². The zero-order chi connectivity index (χ0) is 18.4. The first kappa shape index (κ1) is 16.4. The normalized spacial score (nSPS) is 16.6. The standard InChI is InChI=1S/C24H24N2O/c1-15-7-9-21-20(13-15)19-11-12-25-22(24(19)26-21)14-16-8-10-23(27-2)18-6-4-3-5-17(16)18/h3-10,13,22,25-26H,11-12,14H2,1-2H3. The highest BCUT2D eigenvalue weighted by molar-refractivity contribution is 5.91. The van der Waals surface area contributed by atoms with Crippen molar-refractivity contribution in [1.29, 1.82) is 0 Å². The molecule has 0 fully saturated rings. The number of aromatic nitrogens is 1. The highest BCUT2D eigenvalue weighted by Crippen LogP contribution is 2.35. The molecule has 3 nitrogen and oxygen atoms in total. The molecule has 0 amide bonds. The molecule has 136 valence electrons. The Bertz CT molecular complexity index is 1140. The topological polar surface area (TPSA) is 37.0 Å². The Hall–Kier alpha value is -2.78. The number of ether oxygens (including phenoxy) is 1. The predicted octanol–water partition coefficient (Wildman–Crippen LogP) is 5.07. The van der Waals surface area contributed by atoms with E-state index in [4.69, 9.17) is 4.74 Å². The van der Waals surface area contributed by atoms with Crippen molar-refractivity contribution < 1.29 is 4.74 Å². The minimum Gasteiger partial charge on any atom is -0.496 e. The zero-order valence-electron chi connectivity index (χ0n) is 15.8. The number of nitrogens with one attached hydrogen (secondary N) is 2. The fourth-order valence-electron chi connectivity index (χ4n) is 4.51. The van der Waals surface area contributed by atoms with Crippen molar-refractivity contribution >= 4 is 21.7 Å². The van der Waals surface area contributed by atoms with E-state index in [1.54, 1.807) is 7.11 Å². The number of H-pyrrole nitrogens is 1. The van der Waals surface area contributed by atoms with Crippen molar-refractivity contribution in [2.75, 3.05) is 13.7 Å². The van der Waals surface area contributed by atoms with Gasteiger partial charge in [0.2, 0.25) is 0 Å². The Kier molecular flexibility index (Phi) is 3.91. The van der Waals surface area contributed by atoms with Crippen LogP contribution in [0, 0.1) is 6.92 Å². The summed E-state index contributed by atoms with van der Waals surface area (Å²) in [6.45, 7) is 3.19. The largest absolute Gasteiger partial charge is 0.496 e. The Morgan fingerprint density at radius 2 is 1.85 bits per heavy atom. The zero-order valence-corrected chi connectivity index (χ0v) is 15.8. The van der Waals surface area contributed by atoms with Crippen LogP contribution < -0.4 is 10.1 Å². The average Bonchev–Trinajstić information content (AvgIpc) is 3.07. The highest BCUT2D eigenvalue weighted by atomic mass is 16.5. The molecule has 3 aromatic carbocycles. The van der Waals surface area contributed by atoms with E-state index in [1.807, 2.05) is 0 Å². The number of hydrogen-bond donors (Lipinski definition) is 2. The van der Waals surface area contributed by atoms with Gasteiger partial charge in [-0.15, -0.1) is 0 Å². The van der Waals surface area contributed by atoms with Gasteiger partial charge in [0, 0.05) is 22.0 Å². The molecular weight excluding hydrogens is 332 g/mol. The number of hydrogen-bond acceptors (Lipinski definition) is 2. The van der Waals surface area contributed by atoms with E-state index < -0.39 is 0 Å². The first-order chi connectivity index (χ1) is 13.2. The lowest BCUT2D eigenvalue weighted by atomic mass is 9.92. The molecule has 0 radical (unpaired) electrons. The summed E-state index contributed by atoms with van der Waals surface area (Å²) in [5, 5.41) is 7.57. The van der Waals surface area contributed by atoms with Gasteiger partial charge in [0.25, 0.3) is 0 Å². The highest BCUT2D eigenvalue weighted by Gasteiger charge is 2.24. The molecule has 2 N–H and O–H groups in total. The molecule has 2 heterocycles. The van der Waals surface area contributed by atoms with Crippen molar-refractivity contribution in [2.24, 2.45) is 0 Å². The predicted molar refractivity (Wildman–Crippen MR) is 112 cm³/mol. The summed E-state index contributed by atoms with van der Waals surface area (Å²) in [4.78, 5) is 3.70. The van der Waals surface area contributed by atoms with Crippen molar-refractivity contribution in [3.63, 3.8) is 0 Å². The van der Waals surface area contributed by atoms with E-state index in [-0.39, 0.29) is 0 Å². The molecule has 1 aromatic heterocycles. The van der Waals surface area contributed by atoms with Gasteiger partial charge in [-0.1, -0.05) is 42.0 Å². The summed E-state index contributed by atoms with van der Waals surface area (Å²) in [7, 11) is 1.74. The Morgan fingerprint density at radius 1 is 1.00 bits per heavy atom. The molecule has 27 heavy (non-hydrogen) atoms. The third-order valence-corrected chi connectivity index (χ3v) is 5.83. The lowest BCUT2D eigenvalue weighted by Crippen LogP contribution is -2.31. The summed E-state index contributed by atoms with van der Waals surface area (Å²) in [6.07, 6.45) is 2.04. The minimum atomic E-state index is 0.304. The van der Waals surface area contributed by atoms with E-state index in [9.17, 15) is 0 Å². The molecule has 1 unspecified atom stereocenters. The van der Waals surface area contributed by atoms with Gasteiger partial charge in [-0.05, 0) is 61.0 Å². The SMILES string of the molecule is COc1ccc(CC2NCCc3c2[nH]c2ccc(C)cc32)c2ccccc12. The number of aromatic amines is 1. The Morgan fingerprint density at radius 3 is 2.70 bits per heavy atom. The first-order valence-electron chi connectivity index (χ1n) is 9.63. The molecule has 1 atom stereocenters. The summed E-state index contributed by atoms with van der Waals surface area (Å²) in [5.41, 5.74) is 6.75. The summed E-state index contributed by atoms with van der Waals surface area (Å²) in [5.74, 6) is 0.938. The van der Waals surface area contributed by atoms with Crippen LogP contribution in [0.1, 0.15) is 28.4 Å². The smallest absolute Gasteiger partial charge is 0.126 e. The van der Waals surface area contributed by atoms with E-state index in [2.05, 4.69) is 71.8 Å². The summed E-state index contributed by atoms with van der Waals surface area (Å²) in [6, 6.07) is 19.8. The van der Waals surface area contributed by atoms with Crippen LogP contribution >= 0.6 is 0 Å². The van der Waals surface area contributed by atoms with Crippen molar-refractivity contribution in [3.05, 3.63) is 77.0 Å². The van der Waals surface area contributed by atoms with Gasteiger partial charge in [0.15, 0.2) is 0 Å². The number of benzene rings is 3. The lowest BCUT2D eigenvalue weighted by molar-refractivity contribution is 0.419. The van der Waals surface area contributed by atoms with Crippen molar-refractivity contribution in [3.8, 4) is 5.75 Å². The van der Waals surface area contributed by atoms with Crippen molar-refractivity contribution in [1.82, 2.24) is 10.3 Å². The van der Waals surface area contributed by atoms with Gasteiger partial charge in [0.05, 0.1) is 13.2 Å². The summed E-state index contributed by atoms with van der Waals surface area (Å²) < 4.78 is 5.56. The van der Waals surface area contributed by atoms with Crippen LogP contribution in [0.25, 0.3) is 21.7 Å². The molecule has 3 heteroatoms. The van der Waals surface area contributed by atoms with Crippen molar-refractivity contribution in [2.45, 2.75) is 25.8 Å². The van der Waals surface area contributed by atoms with E-state index in [1.165, 1.54) is 44.1 Å². The number of rotatable bonds is 3. The van der Waals surface area contributed by atoms with Crippen LogP contribution in [0.3, 0.4) is 0 Å². The average molecular weight is 356 g/mol. The number of fused-ring (bicyclic) bond motifs is 4. The number of aryl methyl sites for hydroxylation is 1. The first-order valence-corrected chi connectivity index (χ1v) is 9.63. The third kappa shape index (κ3) is 2.70. The molecule has 0 saturated heterocycles. The fraction of sp³-hybridized carbons (Fsp3) is 0.250. The Labute approximate surface area is 159 Å². The molecular formula is C24H24N2O. The fourth-order valence-corrected chi connectivity index (χ4v) is 4.51. The van der Waals surface area contributed by atoms with Gasteiger partial charge in [-0.3, -0.25) is 0 Å². The second kappa shape index (κ2) is 6.43. The quantitative estimate of drug-likeness (QED) is 0.538. The maximum atomic E-state index is 5.56. The van der Waals surface area contributed by atoms with Crippen LogP contribution in [0.4, 0.5) is 0 Å². The molecule has 0 saturated carbocycles. The van der Waals surface area contributed by atoms with Crippen LogP contribution in [0.15, 0.2) is 54.6 Å². The van der Waals surface area contributed by atoms with Crippen LogP contribution in [0.5, 0.6) is 5.75 Å². The van der Waals surface area contributed by atoms with Crippen LogP contribution in [-0.2, 0) is 12.8 Å². The van der Waals surface area contributed by atoms with Crippen LogP contribution in [-0.4, -0.2) is 18.6 Å². The van der Waals surface area contributed by atoms with E-state index >= 15 is 0 Å². The maximum absolute atomic E-state index is 5.56. The molecule has 5 rings (SSSR count). The van der Waals surface area contributed by atoms with Gasteiger partial charge < -0.3 is 15.0 Å². The summed E-state index contributed by atoms with van der Waals surface area (Å²) >= 11 is 0. The molecule has 0 spiro atoms. The van der Waals surface area contributed by atoms with Gasteiger partial charge in [0.1, 0.15) is 5.75 Å². The minimum absolute atomic E-state index is 0.304. The third-order valence-electron chi connectivity index (χ3n) is 5.83. The van der Waals surface area contributed by atoms with E-state index in [0.717, 1.165) is 25.1 Å². The molecule has 1 aliphatic rings. The maximum Gasteiger partial charge on any atom is 0.126 e. The molecule has 0 bridgehead atoms. The van der Waals surface area contributed by atoms with E-state index in [0.29, 0.717) is 6.04 Å². The molecule has 0 aliphatic carbocycles. The number of methoxy groups -OCH3 is 1. The van der Waals surface area contributed by atoms with Crippen LogP contribution in [0.2, 0.25) is 0 Å². The second-order valence-electron chi connectivity index (χ2n) is 7.50. The van der Waals surface area contributed by atoms with Gasteiger partial charge in [-0.2, -0.15) is 0 Å². The second-order valence-corrected chi connectivity index (χ2v) is 7.50. The molecule has 4 aromatic rings.